The topological polar surface area (TPSA) is 233 Å². The zero-order valence-corrected chi connectivity index (χ0v) is 71.9. The first-order valence-electron chi connectivity index (χ1n) is 40.4. The van der Waals surface area contributed by atoms with E-state index in [1.807, 2.05) is 185 Å². The van der Waals surface area contributed by atoms with Crippen molar-refractivity contribution in [2.75, 3.05) is 172 Å². The minimum absolute atomic E-state index is 0.279. The molecule has 0 amide bonds. The van der Waals surface area contributed by atoms with Crippen LogP contribution in [0.1, 0.15) is 90.9 Å². The number of aryl methyl sites for hydroxylation is 4. The van der Waals surface area contributed by atoms with Crippen molar-refractivity contribution in [1.29, 1.82) is 0 Å². The average Bonchev–Trinajstić information content (AvgIpc) is 0.793. The summed E-state index contributed by atoms with van der Waals surface area (Å²) >= 11 is 0. The maximum atomic E-state index is 12.4. The van der Waals surface area contributed by atoms with E-state index >= 15 is 0 Å². The molecule has 2 aliphatic heterocycles. The number of carbonyl (C=O) groups is 2. The first kappa shape index (κ1) is 104. The third kappa shape index (κ3) is 53.8. The number of carbonyl (C=O) groups excluding carboxylic acids is 2. The molecule has 0 unspecified atom stereocenters. The summed E-state index contributed by atoms with van der Waals surface area (Å²) in [6.45, 7) is 23.7. The fraction of sp³-hybridized carbons (Fsp3) is 0.432. The van der Waals surface area contributed by atoms with Crippen molar-refractivity contribution in [1.82, 2.24) is 0 Å². The van der Waals surface area contributed by atoms with Crippen LogP contribution in [0.15, 0.2) is 182 Å². The van der Waals surface area contributed by atoms with Crippen LogP contribution in [0.3, 0.4) is 0 Å². The molecule has 2 heterocycles. The smallest absolute Gasteiger partial charge is 0.161 e. The molecule has 0 spiro atoms. The van der Waals surface area contributed by atoms with Crippen LogP contribution < -0.4 is 48.5 Å². The standard InChI is InChI=1S/C40H48N2O4.2C24H32O8.2F6P/c1-29-19-30(2)22-37(21-29)39(43)45-27-35-13-9-33(10-14-35)25-41-17-7-5-6-8-18-42-26-34-11-15-36(16-12-34)28-46-40(44)38-23-31(3)20-32(4)24-38;2*1-2-6-22-21(5-1)29-17-13-25-9-10-27-15-19-31-23-7-3-4-8-24(23)32-20-16-28-12-11-26-14-18-30-22;2*1-7(2,3,4,5)6/h9-16,19-24,41-42H,5-8,17-18,25-28H2,1-4H3;2*1-8H,9-20H2;;/q;;;2*-1/p+2. The number of para-hydroxylation sites is 8. The summed E-state index contributed by atoms with van der Waals surface area (Å²) in [6, 6.07) is 58.5. The van der Waals surface area contributed by atoms with Crippen molar-refractivity contribution in [3.05, 3.63) is 238 Å². The van der Waals surface area contributed by atoms with Gasteiger partial charge in [-0.05, 0) is 137 Å². The zero-order chi connectivity index (χ0) is 89.8. The Morgan fingerprint density at radius 1 is 0.266 bits per heavy atom. The molecule has 0 radical (unpaired) electrons. The second kappa shape index (κ2) is 53.3. The summed E-state index contributed by atoms with van der Waals surface area (Å²) in [6.07, 6.45) is 4.96. The van der Waals surface area contributed by atoms with Gasteiger partial charge in [-0.3, -0.25) is 0 Å². The van der Waals surface area contributed by atoms with E-state index < -0.39 is 15.6 Å². The molecule has 690 valence electrons. The molecule has 36 heteroatoms. The summed E-state index contributed by atoms with van der Waals surface area (Å²) in [7, 11) is -21.3. The Labute approximate surface area is 715 Å². The van der Waals surface area contributed by atoms with Crippen molar-refractivity contribution in [3.63, 3.8) is 0 Å². The fourth-order valence-electron chi connectivity index (χ4n) is 11.4. The molecule has 8 aromatic rings. The minimum Gasteiger partial charge on any atom is -0.487 e. The Bertz CT molecular complexity index is 3780. The van der Waals surface area contributed by atoms with Gasteiger partial charge in [0.05, 0.1) is 130 Å². The summed E-state index contributed by atoms with van der Waals surface area (Å²) in [5, 5.41) is 4.74. The van der Waals surface area contributed by atoms with Gasteiger partial charge in [0.15, 0.2) is 46.0 Å². The molecule has 10 rings (SSSR count). The van der Waals surface area contributed by atoms with E-state index in [1.54, 1.807) is 0 Å². The molecule has 0 aliphatic carbocycles. The van der Waals surface area contributed by atoms with Gasteiger partial charge in [0, 0.05) is 11.1 Å². The number of hydrogen-bond donors (Lipinski definition) is 2. The summed E-state index contributed by atoms with van der Waals surface area (Å²) in [5.41, 5.74) is 10.0. The first-order chi connectivity index (χ1) is 59.0. The van der Waals surface area contributed by atoms with Crippen LogP contribution in [-0.4, -0.2) is 184 Å². The Balaban J connectivity index is 0.000000271. The molecule has 0 aromatic heterocycles. The van der Waals surface area contributed by atoms with E-state index in [-0.39, 0.29) is 25.2 Å². The monoisotopic (exact) mass is 1810 g/mol. The molecular weight excluding hydrogens is 1690 g/mol. The Hall–Kier alpha value is -9.28. The van der Waals surface area contributed by atoms with Gasteiger partial charge in [0.25, 0.3) is 0 Å². The summed E-state index contributed by atoms with van der Waals surface area (Å²) < 4.78 is 220. The van der Waals surface area contributed by atoms with Crippen LogP contribution in [0.25, 0.3) is 0 Å². The van der Waals surface area contributed by atoms with Crippen molar-refractivity contribution in [2.24, 2.45) is 0 Å². The van der Waals surface area contributed by atoms with Crippen LogP contribution in [-0.2, 0) is 73.7 Å². The molecule has 0 fully saturated rings. The predicted octanol–water partition coefficient (Wildman–Crippen LogP) is 18.8. The van der Waals surface area contributed by atoms with Gasteiger partial charge in [-0.1, -0.05) is 131 Å². The Morgan fingerprint density at radius 2 is 0.444 bits per heavy atom. The number of hydrogen-bond acceptors (Lipinski definition) is 20. The average molecular weight is 1810 g/mol. The van der Waals surface area contributed by atoms with Gasteiger partial charge in [0.1, 0.15) is 79.2 Å². The van der Waals surface area contributed by atoms with Gasteiger partial charge in [-0.15, -0.1) is 0 Å². The van der Waals surface area contributed by atoms with Crippen LogP contribution >= 0.6 is 15.6 Å². The van der Waals surface area contributed by atoms with Gasteiger partial charge in [-0.25, -0.2) is 9.59 Å². The second-order valence-electron chi connectivity index (χ2n) is 27.9. The van der Waals surface area contributed by atoms with Gasteiger partial charge >= 0.3 is 77.9 Å². The van der Waals surface area contributed by atoms with Crippen LogP contribution in [0.5, 0.6) is 46.0 Å². The zero-order valence-electron chi connectivity index (χ0n) is 70.1. The third-order valence-electron chi connectivity index (χ3n) is 16.8. The van der Waals surface area contributed by atoms with Crippen LogP contribution in [0.2, 0.25) is 0 Å². The van der Waals surface area contributed by atoms with Crippen molar-refractivity contribution < 1.29 is 156 Å². The van der Waals surface area contributed by atoms with Crippen molar-refractivity contribution in [2.45, 2.75) is 79.7 Å². The summed E-state index contributed by atoms with van der Waals surface area (Å²) in [4.78, 5) is 24.8. The summed E-state index contributed by atoms with van der Waals surface area (Å²) in [5.74, 6) is 4.91. The van der Waals surface area contributed by atoms with E-state index in [0.717, 1.165) is 59.6 Å². The molecule has 0 bridgehead atoms. The normalized spacial score (nSPS) is 16.1. The number of unbranched alkanes of at least 4 members (excludes halogenated alkanes) is 3. The molecule has 2 aliphatic rings. The SMILES string of the molecule is Cc1cc(C)cc(C(=O)OCc2ccc(C[NH2+]CCCCCC[NH2+]Cc3ccc(COC(=O)c4cc(C)cc(C)c4)cc3)cc2)c1.F[P-](F)(F)(F)(F)F.F[P-](F)(F)(F)(F)F.c1ccc2c(c1)OCCOCCOCCOc1ccccc1OCCOCCOCCO2.c1ccc2c(c1)OCCOCCOCCOc1ccccc1OCCOCCOCCO2. The molecule has 22 nitrogen and oxygen atoms in total. The molecule has 8 aromatic carbocycles. The van der Waals surface area contributed by atoms with E-state index in [1.165, 1.54) is 36.8 Å². The van der Waals surface area contributed by atoms with Gasteiger partial charge in [0.2, 0.25) is 0 Å². The molecule has 124 heavy (non-hydrogen) atoms. The van der Waals surface area contributed by atoms with E-state index in [9.17, 15) is 60.0 Å². The fourth-order valence-corrected chi connectivity index (χ4v) is 11.4. The molecule has 4 N–H and O–H groups in total. The maximum absolute atomic E-state index is 12.4. The van der Waals surface area contributed by atoms with Crippen LogP contribution in [0, 0.1) is 27.7 Å². The number of esters is 2. The third-order valence-corrected chi connectivity index (χ3v) is 16.8. The molecular formula is C88H114F12N2O20P2. The molecule has 0 atom stereocenters. The van der Waals surface area contributed by atoms with Crippen molar-refractivity contribution in [3.8, 4) is 46.0 Å². The first-order valence-corrected chi connectivity index (χ1v) is 44.5. The Kier molecular flexibility index (Phi) is 44.5. The largest absolute Gasteiger partial charge is 0.487 e. The Morgan fingerprint density at radius 3 is 0.637 bits per heavy atom. The van der Waals surface area contributed by atoms with Gasteiger partial charge in [-0.2, -0.15) is 0 Å². The number of nitrogens with two attached hydrogens (primary N) is 2. The second-order valence-corrected chi connectivity index (χ2v) is 31.7. The van der Waals surface area contributed by atoms with Gasteiger partial charge < -0.3 is 95.9 Å². The number of quaternary nitrogens is 2. The number of benzene rings is 8. The number of rotatable bonds is 17. The predicted molar refractivity (Wildman–Crippen MR) is 446 cm³/mol. The van der Waals surface area contributed by atoms with Crippen LogP contribution in [0.4, 0.5) is 50.4 Å². The van der Waals surface area contributed by atoms with E-state index in [2.05, 4.69) is 34.9 Å². The molecule has 0 saturated carbocycles. The van der Waals surface area contributed by atoms with Crippen molar-refractivity contribution >= 4 is 27.6 Å². The number of halogens is 12. The van der Waals surface area contributed by atoms with E-state index in [4.69, 9.17) is 85.3 Å². The number of ether oxygens (including phenoxy) is 18. The minimum atomic E-state index is -10.7. The maximum Gasteiger partial charge on any atom is 0.161 e. The number of fused-ring (bicyclic) bond motifs is 4. The molecule has 0 saturated heterocycles. The van der Waals surface area contributed by atoms with E-state index in [0.29, 0.717) is 216 Å². The quantitative estimate of drug-likeness (QED) is 0.0373.